The molecule has 1 saturated heterocycles. The smallest absolute Gasteiger partial charge is 0.264 e. The second-order valence-corrected chi connectivity index (χ2v) is 4.88. The van der Waals surface area contributed by atoms with Crippen molar-refractivity contribution < 1.29 is 19.1 Å². The first-order valence-corrected chi connectivity index (χ1v) is 6.61. The van der Waals surface area contributed by atoms with E-state index in [9.17, 15) is 9.59 Å². The van der Waals surface area contributed by atoms with Crippen LogP contribution in [0.5, 0.6) is 5.75 Å². The van der Waals surface area contributed by atoms with Crippen molar-refractivity contribution in [1.29, 1.82) is 0 Å². The van der Waals surface area contributed by atoms with Crippen LogP contribution in [0.4, 0.5) is 11.4 Å². The molecule has 0 radical (unpaired) electrons. The summed E-state index contributed by atoms with van der Waals surface area (Å²) in [6.45, 7) is 0.638. The van der Waals surface area contributed by atoms with Crippen LogP contribution in [0.25, 0.3) is 0 Å². The van der Waals surface area contributed by atoms with Gasteiger partial charge in [-0.15, -0.1) is 0 Å². The first kappa shape index (κ1) is 12.9. The zero-order valence-electron chi connectivity index (χ0n) is 11.2. The van der Waals surface area contributed by atoms with E-state index in [0.29, 0.717) is 23.7 Å². The molecule has 6 heteroatoms. The Labute approximate surface area is 116 Å². The van der Waals surface area contributed by atoms with Crippen molar-refractivity contribution in [1.82, 2.24) is 0 Å². The number of rotatable bonds is 2. The van der Waals surface area contributed by atoms with Gasteiger partial charge in [0.25, 0.3) is 11.8 Å². The SMILES string of the molecule is CN1C(=O)COc2cccc(NC(=O)C3CCCO3)c21. The number of anilines is 2. The molecule has 0 spiro atoms. The molecule has 20 heavy (non-hydrogen) atoms. The average molecular weight is 276 g/mol. The maximum Gasteiger partial charge on any atom is 0.264 e. The zero-order valence-corrected chi connectivity index (χ0v) is 11.2. The molecule has 1 unspecified atom stereocenters. The average Bonchev–Trinajstić information content (AvgIpc) is 2.97. The molecule has 2 aliphatic rings. The predicted molar refractivity (Wildman–Crippen MR) is 73.0 cm³/mol. The minimum Gasteiger partial charge on any atom is -0.481 e. The van der Waals surface area contributed by atoms with Gasteiger partial charge < -0.3 is 19.7 Å². The van der Waals surface area contributed by atoms with E-state index in [1.165, 1.54) is 4.90 Å². The third-order valence-electron chi connectivity index (χ3n) is 3.54. The highest BCUT2D eigenvalue weighted by atomic mass is 16.5. The van der Waals surface area contributed by atoms with Gasteiger partial charge in [-0.25, -0.2) is 0 Å². The molecule has 1 atom stereocenters. The Kier molecular flexibility index (Phi) is 3.31. The molecular formula is C14H16N2O4. The number of carbonyl (C=O) groups is 2. The van der Waals surface area contributed by atoms with E-state index in [-0.39, 0.29) is 18.4 Å². The van der Waals surface area contributed by atoms with E-state index >= 15 is 0 Å². The molecule has 2 heterocycles. The summed E-state index contributed by atoms with van der Waals surface area (Å²) in [5.74, 6) is 0.274. The maximum absolute atomic E-state index is 12.1. The molecule has 2 amide bonds. The molecule has 1 fully saturated rings. The highest BCUT2D eigenvalue weighted by Gasteiger charge is 2.28. The lowest BCUT2D eigenvalue weighted by atomic mass is 10.2. The van der Waals surface area contributed by atoms with Gasteiger partial charge >= 0.3 is 0 Å². The van der Waals surface area contributed by atoms with Crippen LogP contribution in [0.3, 0.4) is 0 Å². The van der Waals surface area contributed by atoms with Crippen molar-refractivity contribution in [2.45, 2.75) is 18.9 Å². The minimum absolute atomic E-state index is 0.0205. The van der Waals surface area contributed by atoms with Crippen LogP contribution in [0, 0.1) is 0 Å². The van der Waals surface area contributed by atoms with Crippen LogP contribution in [0.2, 0.25) is 0 Å². The number of benzene rings is 1. The summed E-state index contributed by atoms with van der Waals surface area (Å²) in [7, 11) is 1.67. The Morgan fingerprint density at radius 3 is 3.05 bits per heavy atom. The zero-order chi connectivity index (χ0) is 14.1. The van der Waals surface area contributed by atoms with Crippen molar-refractivity contribution in [2.75, 3.05) is 30.5 Å². The van der Waals surface area contributed by atoms with Crippen molar-refractivity contribution in [3.05, 3.63) is 18.2 Å². The number of nitrogens with zero attached hydrogens (tertiary/aromatic N) is 1. The second-order valence-electron chi connectivity index (χ2n) is 4.88. The topological polar surface area (TPSA) is 67.9 Å². The minimum atomic E-state index is -0.406. The molecule has 106 valence electrons. The lowest BCUT2D eigenvalue weighted by molar-refractivity contribution is -0.124. The van der Waals surface area contributed by atoms with E-state index in [1.54, 1.807) is 25.2 Å². The fourth-order valence-corrected chi connectivity index (χ4v) is 2.44. The Bertz CT molecular complexity index is 552. The second kappa shape index (κ2) is 5.13. The molecule has 6 nitrogen and oxygen atoms in total. The monoisotopic (exact) mass is 276 g/mol. The first-order chi connectivity index (χ1) is 9.66. The van der Waals surface area contributed by atoms with Crippen molar-refractivity contribution in [2.24, 2.45) is 0 Å². The van der Waals surface area contributed by atoms with Gasteiger partial charge in [0, 0.05) is 13.7 Å². The normalized spacial score (nSPS) is 21.4. The van der Waals surface area contributed by atoms with E-state index in [0.717, 1.165) is 12.8 Å². The third kappa shape index (κ3) is 2.22. The highest BCUT2D eigenvalue weighted by molar-refractivity contribution is 6.05. The molecule has 0 saturated carbocycles. The van der Waals surface area contributed by atoms with Crippen LogP contribution in [0.15, 0.2) is 18.2 Å². The molecular weight excluding hydrogens is 260 g/mol. The summed E-state index contributed by atoms with van der Waals surface area (Å²) in [4.78, 5) is 25.3. The van der Waals surface area contributed by atoms with Crippen LogP contribution >= 0.6 is 0 Å². The van der Waals surface area contributed by atoms with Gasteiger partial charge in [0.2, 0.25) is 0 Å². The molecule has 1 aromatic rings. The number of fused-ring (bicyclic) bond motifs is 1. The number of para-hydroxylation sites is 1. The summed E-state index contributed by atoms with van der Waals surface area (Å²) >= 11 is 0. The van der Waals surface area contributed by atoms with E-state index in [2.05, 4.69) is 5.32 Å². The van der Waals surface area contributed by atoms with Crippen molar-refractivity contribution in [3.8, 4) is 5.75 Å². The number of nitrogens with one attached hydrogen (secondary N) is 1. The first-order valence-electron chi connectivity index (χ1n) is 6.61. The number of amides is 2. The predicted octanol–water partition coefficient (Wildman–Crippen LogP) is 1.16. The van der Waals surface area contributed by atoms with Crippen LogP contribution in [-0.2, 0) is 14.3 Å². The standard InChI is InChI=1S/C14H16N2O4/c1-16-12(17)8-20-10-5-2-4-9(13(10)16)15-14(18)11-6-3-7-19-11/h2,4-5,11H,3,6-8H2,1H3,(H,15,18). The van der Waals surface area contributed by atoms with Crippen molar-refractivity contribution >= 4 is 23.2 Å². The quantitative estimate of drug-likeness (QED) is 0.880. The van der Waals surface area contributed by atoms with Gasteiger partial charge in [-0.2, -0.15) is 0 Å². The highest BCUT2D eigenvalue weighted by Crippen LogP contribution is 2.38. The number of likely N-dealkylation sites (N-methyl/N-ethyl adjacent to an activating group) is 1. The molecule has 0 aliphatic carbocycles. The van der Waals surface area contributed by atoms with Gasteiger partial charge in [-0.05, 0) is 25.0 Å². The fourth-order valence-electron chi connectivity index (χ4n) is 2.44. The van der Waals surface area contributed by atoms with E-state index in [1.807, 2.05) is 0 Å². The van der Waals surface area contributed by atoms with Gasteiger partial charge in [-0.1, -0.05) is 6.07 Å². The summed E-state index contributed by atoms with van der Waals surface area (Å²) in [5.41, 5.74) is 1.16. The maximum atomic E-state index is 12.1. The van der Waals surface area contributed by atoms with Gasteiger partial charge in [0.1, 0.15) is 17.5 Å². The molecule has 2 aliphatic heterocycles. The molecule has 0 aromatic heterocycles. The number of hydrogen-bond donors (Lipinski definition) is 1. The van der Waals surface area contributed by atoms with Crippen LogP contribution < -0.4 is 15.0 Å². The number of ether oxygens (including phenoxy) is 2. The fraction of sp³-hybridized carbons (Fsp3) is 0.429. The molecule has 3 rings (SSSR count). The van der Waals surface area contributed by atoms with E-state index in [4.69, 9.17) is 9.47 Å². The van der Waals surface area contributed by atoms with Gasteiger partial charge in [-0.3, -0.25) is 9.59 Å². The third-order valence-corrected chi connectivity index (χ3v) is 3.54. The molecule has 1 N–H and O–H groups in total. The number of hydrogen-bond acceptors (Lipinski definition) is 4. The Hall–Kier alpha value is -2.08. The van der Waals surface area contributed by atoms with Gasteiger partial charge in [0.05, 0.1) is 5.69 Å². The lowest BCUT2D eigenvalue weighted by Crippen LogP contribution is -2.36. The largest absolute Gasteiger partial charge is 0.481 e. The van der Waals surface area contributed by atoms with Crippen LogP contribution in [0.1, 0.15) is 12.8 Å². The van der Waals surface area contributed by atoms with E-state index < -0.39 is 6.10 Å². The number of carbonyl (C=O) groups excluding carboxylic acids is 2. The lowest BCUT2D eigenvalue weighted by Gasteiger charge is -2.28. The Morgan fingerprint density at radius 1 is 1.45 bits per heavy atom. The Balaban J connectivity index is 1.86. The van der Waals surface area contributed by atoms with Crippen molar-refractivity contribution in [3.63, 3.8) is 0 Å². The summed E-state index contributed by atoms with van der Waals surface area (Å²) in [6, 6.07) is 5.32. The van der Waals surface area contributed by atoms with Gasteiger partial charge in [0.15, 0.2) is 6.61 Å². The Morgan fingerprint density at radius 2 is 2.30 bits per heavy atom. The molecule has 1 aromatic carbocycles. The molecule has 0 bridgehead atoms. The summed E-state index contributed by atoms with van der Waals surface area (Å²) < 4.78 is 10.7. The summed E-state index contributed by atoms with van der Waals surface area (Å²) in [5, 5.41) is 2.83. The summed E-state index contributed by atoms with van der Waals surface area (Å²) in [6.07, 6.45) is 1.22. The van der Waals surface area contributed by atoms with Crippen LogP contribution in [-0.4, -0.2) is 38.2 Å².